The second-order valence-corrected chi connectivity index (χ2v) is 8.34. The van der Waals surface area contributed by atoms with Gasteiger partial charge < -0.3 is 10.1 Å². The molecule has 0 radical (unpaired) electrons. The van der Waals surface area contributed by atoms with Crippen LogP contribution in [-0.4, -0.2) is 47.3 Å². The van der Waals surface area contributed by atoms with Gasteiger partial charge in [-0.15, -0.1) is 0 Å². The van der Waals surface area contributed by atoms with Gasteiger partial charge in [0.25, 0.3) is 0 Å². The first-order chi connectivity index (χ1) is 14.7. The number of hydrogen-bond acceptors (Lipinski definition) is 4. The van der Waals surface area contributed by atoms with Crippen molar-refractivity contribution < 1.29 is 9.53 Å². The Labute approximate surface area is 178 Å². The number of aromatic nitrogens is 2. The SMILES string of the molecule is COc1ccc(/C=C/CN2CCC(n3nccc3NC(=O)C3CCCC3)CC2)cc1. The van der Waals surface area contributed by atoms with Gasteiger partial charge in [-0.1, -0.05) is 37.1 Å². The number of nitrogens with zero attached hydrogens (tertiary/aromatic N) is 3. The monoisotopic (exact) mass is 408 g/mol. The summed E-state index contributed by atoms with van der Waals surface area (Å²) in [7, 11) is 1.68. The smallest absolute Gasteiger partial charge is 0.228 e. The van der Waals surface area contributed by atoms with Gasteiger partial charge in [0.1, 0.15) is 11.6 Å². The maximum absolute atomic E-state index is 12.5. The molecule has 1 saturated carbocycles. The molecule has 1 amide bonds. The number of ether oxygens (including phenoxy) is 1. The summed E-state index contributed by atoms with van der Waals surface area (Å²) in [6.07, 6.45) is 12.7. The van der Waals surface area contributed by atoms with Gasteiger partial charge >= 0.3 is 0 Å². The Balaban J connectivity index is 1.26. The summed E-state index contributed by atoms with van der Waals surface area (Å²) in [5.41, 5.74) is 1.19. The zero-order valence-electron chi connectivity index (χ0n) is 17.8. The number of piperidine rings is 1. The zero-order valence-corrected chi connectivity index (χ0v) is 17.8. The fourth-order valence-electron chi connectivity index (χ4n) is 4.52. The lowest BCUT2D eigenvalue weighted by Crippen LogP contribution is -2.35. The fourth-order valence-corrected chi connectivity index (χ4v) is 4.52. The zero-order chi connectivity index (χ0) is 20.8. The van der Waals surface area contributed by atoms with Crippen LogP contribution in [-0.2, 0) is 4.79 Å². The third-order valence-electron chi connectivity index (χ3n) is 6.34. The highest BCUT2D eigenvalue weighted by Gasteiger charge is 2.26. The average molecular weight is 409 g/mol. The normalized spacial score (nSPS) is 18.8. The predicted octanol–water partition coefficient (Wildman–Crippen LogP) is 4.37. The highest BCUT2D eigenvalue weighted by Crippen LogP contribution is 2.28. The topological polar surface area (TPSA) is 59.4 Å². The molecule has 30 heavy (non-hydrogen) atoms. The fraction of sp³-hybridized carbons (Fsp3) is 0.500. The van der Waals surface area contributed by atoms with Gasteiger partial charge in [0, 0.05) is 31.6 Å². The molecule has 1 N–H and O–H groups in total. The highest BCUT2D eigenvalue weighted by atomic mass is 16.5. The molecule has 4 rings (SSSR count). The molecular weight excluding hydrogens is 376 g/mol. The Bertz CT molecular complexity index is 844. The van der Waals surface area contributed by atoms with Crippen molar-refractivity contribution in [3.8, 4) is 5.75 Å². The van der Waals surface area contributed by atoms with E-state index in [9.17, 15) is 4.79 Å². The lowest BCUT2D eigenvalue weighted by atomic mass is 10.0. The second kappa shape index (κ2) is 9.94. The number of nitrogens with one attached hydrogen (secondary N) is 1. The molecule has 1 aliphatic carbocycles. The number of amides is 1. The third-order valence-corrected chi connectivity index (χ3v) is 6.34. The second-order valence-electron chi connectivity index (χ2n) is 8.34. The number of rotatable bonds is 7. The van der Waals surface area contributed by atoms with E-state index in [1.165, 1.54) is 18.4 Å². The maximum atomic E-state index is 12.5. The molecule has 2 fully saturated rings. The van der Waals surface area contributed by atoms with E-state index in [0.717, 1.165) is 56.9 Å². The van der Waals surface area contributed by atoms with Gasteiger partial charge in [0.2, 0.25) is 5.91 Å². The molecule has 2 aromatic rings. The van der Waals surface area contributed by atoms with Crippen LogP contribution in [0.3, 0.4) is 0 Å². The highest BCUT2D eigenvalue weighted by molar-refractivity contribution is 5.91. The van der Waals surface area contributed by atoms with Gasteiger partial charge in [-0.05, 0) is 43.4 Å². The van der Waals surface area contributed by atoms with Crippen LogP contribution >= 0.6 is 0 Å². The number of methoxy groups -OCH3 is 1. The summed E-state index contributed by atoms with van der Waals surface area (Å²) < 4.78 is 7.23. The van der Waals surface area contributed by atoms with Crippen LogP contribution in [0.1, 0.15) is 50.1 Å². The van der Waals surface area contributed by atoms with Crippen LogP contribution < -0.4 is 10.1 Å². The number of benzene rings is 1. The Morgan fingerprint density at radius 2 is 1.87 bits per heavy atom. The van der Waals surface area contributed by atoms with Gasteiger partial charge in [-0.25, -0.2) is 4.68 Å². The number of carbonyl (C=O) groups excluding carboxylic acids is 1. The van der Waals surface area contributed by atoms with Gasteiger partial charge in [0.15, 0.2) is 0 Å². The van der Waals surface area contributed by atoms with Crippen molar-refractivity contribution in [1.29, 1.82) is 0 Å². The molecule has 1 aromatic carbocycles. The summed E-state index contributed by atoms with van der Waals surface area (Å²) in [4.78, 5) is 15.0. The van der Waals surface area contributed by atoms with Crippen LogP contribution in [0.4, 0.5) is 5.82 Å². The van der Waals surface area contributed by atoms with E-state index in [1.54, 1.807) is 13.3 Å². The molecule has 1 saturated heterocycles. The molecule has 0 bridgehead atoms. The molecule has 0 spiro atoms. The number of hydrogen-bond donors (Lipinski definition) is 1. The molecular formula is C24H32N4O2. The maximum Gasteiger partial charge on any atom is 0.228 e. The molecule has 6 heteroatoms. The Morgan fingerprint density at radius 3 is 2.57 bits per heavy atom. The summed E-state index contributed by atoms with van der Waals surface area (Å²) in [6, 6.07) is 10.4. The van der Waals surface area contributed by atoms with E-state index in [1.807, 2.05) is 22.9 Å². The van der Waals surface area contributed by atoms with Gasteiger partial charge in [0.05, 0.1) is 19.3 Å². The largest absolute Gasteiger partial charge is 0.497 e. The lowest BCUT2D eigenvalue weighted by molar-refractivity contribution is -0.119. The van der Waals surface area contributed by atoms with Crippen molar-refractivity contribution in [1.82, 2.24) is 14.7 Å². The van der Waals surface area contributed by atoms with Gasteiger partial charge in [-0.3, -0.25) is 9.69 Å². The van der Waals surface area contributed by atoms with E-state index in [4.69, 9.17) is 4.74 Å². The van der Waals surface area contributed by atoms with E-state index >= 15 is 0 Å². The van der Waals surface area contributed by atoms with Crippen LogP contribution in [0.5, 0.6) is 5.75 Å². The predicted molar refractivity (Wildman–Crippen MR) is 120 cm³/mol. The Hall–Kier alpha value is -2.60. The first kappa shape index (κ1) is 20.7. The minimum Gasteiger partial charge on any atom is -0.497 e. The third kappa shape index (κ3) is 5.11. The van der Waals surface area contributed by atoms with Crippen molar-refractivity contribution >= 4 is 17.8 Å². The molecule has 1 aromatic heterocycles. The number of likely N-dealkylation sites (tertiary alicyclic amines) is 1. The molecule has 2 aliphatic rings. The lowest BCUT2D eigenvalue weighted by Gasteiger charge is -2.32. The van der Waals surface area contributed by atoms with E-state index in [0.29, 0.717) is 6.04 Å². The molecule has 160 valence electrons. The minimum atomic E-state index is 0.162. The van der Waals surface area contributed by atoms with Crippen molar-refractivity contribution in [2.45, 2.75) is 44.6 Å². The van der Waals surface area contributed by atoms with E-state index in [2.05, 4.69) is 39.6 Å². The Kier molecular flexibility index (Phi) is 6.84. The summed E-state index contributed by atoms with van der Waals surface area (Å²) in [6.45, 7) is 3.02. The van der Waals surface area contributed by atoms with Crippen molar-refractivity contribution in [3.05, 3.63) is 48.2 Å². The van der Waals surface area contributed by atoms with Crippen molar-refractivity contribution in [2.24, 2.45) is 5.92 Å². The average Bonchev–Trinajstić information content (AvgIpc) is 3.47. The summed E-state index contributed by atoms with van der Waals surface area (Å²) >= 11 is 0. The molecule has 1 aliphatic heterocycles. The summed E-state index contributed by atoms with van der Waals surface area (Å²) in [5.74, 6) is 2.07. The molecule has 2 heterocycles. The Morgan fingerprint density at radius 1 is 1.13 bits per heavy atom. The van der Waals surface area contributed by atoms with Crippen LogP contribution in [0.25, 0.3) is 6.08 Å². The summed E-state index contributed by atoms with van der Waals surface area (Å²) in [5, 5.41) is 7.65. The standard InChI is InChI=1S/C24H32N4O2/c1-30-22-10-8-19(9-11-22)5-4-16-27-17-13-21(14-18-27)28-23(12-15-25-28)26-24(29)20-6-2-3-7-20/h4-5,8-12,15,20-21H,2-3,6-7,13-14,16-18H2,1H3,(H,26,29)/b5-4+. The molecule has 6 nitrogen and oxygen atoms in total. The quantitative estimate of drug-likeness (QED) is 0.739. The van der Waals surface area contributed by atoms with Crippen LogP contribution in [0.2, 0.25) is 0 Å². The van der Waals surface area contributed by atoms with Crippen molar-refractivity contribution in [2.75, 3.05) is 32.1 Å². The number of carbonyl (C=O) groups is 1. The molecule has 0 atom stereocenters. The molecule has 0 unspecified atom stereocenters. The minimum absolute atomic E-state index is 0.162. The first-order valence-electron chi connectivity index (χ1n) is 11.1. The first-order valence-corrected chi connectivity index (χ1v) is 11.1. The van der Waals surface area contributed by atoms with E-state index in [-0.39, 0.29) is 11.8 Å². The van der Waals surface area contributed by atoms with Gasteiger partial charge in [-0.2, -0.15) is 5.10 Å². The number of anilines is 1. The van der Waals surface area contributed by atoms with Crippen LogP contribution in [0.15, 0.2) is 42.6 Å². The van der Waals surface area contributed by atoms with Crippen molar-refractivity contribution in [3.63, 3.8) is 0 Å². The van der Waals surface area contributed by atoms with E-state index < -0.39 is 0 Å². The van der Waals surface area contributed by atoms with Crippen LogP contribution in [0, 0.1) is 5.92 Å².